The number of hydrogen-bond acceptors (Lipinski definition) is 5. The minimum atomic E-state index is -0.781. The second-order valence-electron chi connectivity index (χ2n) is 4.48. The number of methoxy groups -OCH3 is 1. The third-order valence-electron chi connectivity index (χ3n) is 2.78. The summed E-state index contributed by atoms with van der Waals surface area (Å²) in [6.07, 6.45) is 0.248. The predicted octanol–water partition coefficient (Wildman–Crippen LogP) is 0.649. The highest BCUT2D eigenvalue weighted by molar-refractivity contribution is 5.89. The van der Waals surface area contributed by atoms with Crippen LogP contribution in [0.5, 0.6) is 0 Å². The Morgan fingerprint density at radius 3 is 2.24 bits per heavy atom. The summed E-state index contributed by atoms with van der Waals surface area (Å²) in [6, 6.07) is 5.60. The van der Waals surface area contributed by atoms with Gasteiger partial charge in [0.15, 0.2) is 0 Å². The number of ether oxygens (including phenoxy) is 1. The summed E-state index contributed by atoms with van der Waals surface area (Å²) in [5.74, 6) is -1.38. The third kappa shape index (κ3) is 4.88. The lowest BCUT2D eigenvalue weighted by molar-refractivity contribution is -0.144. The van der Waals surface area contributed by atoms with Crippen molar-refractivity contribution in [3.05, 3.63) is 29.8 Å². The van der Waals surface area contributed by atoms with E-state index in [1.54, 1.807) is 24.3 Å². The molecule has 0 spiro atoms. The highest BCUT2D eigenvalue weighted by Crippen LogP contribution is 2.15. The smallest absolute Gasteiger partial charge is 0.328 e. The molecule has 1 rings (SSSR count). The van der Waals surface area contributed by atoms with Crippen LogP contribution in [-0.4, -0.2) is 36.1 Å². The van der Waals surface area contributed by atoms with Gasteiger partial charge in [0.05, 0.1) is 12.8 Å². The molecule has 1 atom stereocenters. The Hall–Kier alpha value is -2.41. The van der Waals surface area contributed by atoms with Crippen molar-refractivity contribution in [2.45, 2.75) is 26.3 Å². The molecule has 21 heavy (non-hydrogen) atoms. The van der Waals surface area contributed by atoms with Crippen LogP contribution in [0.1, 0.15) is 19.4 Å². The van der Waals surface area contributed by atoms with Gasteiger partial charge in [0.1, 0.15) is 6.04 Å². The molecule has 0 fully saturated rings. The summed E-state index contributed by atoms with van der Waals surface area (Å²) in [5.41, 5.74) is 1.07. The van der Waals surface area contributed by atoms with Crippen LogP contribution in [0.3, 0.4) is 0 Å². The van der Waals surface area contributed by atoms with E-state index in [1.165, 1.54) is 21.0 Å². The van der Waals surface area contributed by atoms with Crippen molar-refractivity contribution in [2.75, 3.05) is 12.2 Å². The maximum absolute atomic E-state index is 11.6. The number of esters is 1. The summed E-state index contributed by atoms with van der Waals surface area (Å²) >= 11 is 0. The van der Waals surface area contributed by atoms with Gasteiger partial charge in [0.2, 0.25) is 11.8 Å². The summed E-state index contributed by atoms with van der Waals surface area (Å²) < 4.78 is 4.63. The van der Waals surface area contributed by atoms with Crippen LogP contribution < -0.4 is 10.4 Å². The standard InChI is InChI=1S/C14H18N2O5/c1-9(17)15-13(14(19)21-3)8-11-4-6-12(7-5-11)16(20)10(2)18/h4-7,13,20H,8H2,1-3H3,(H,15,17)/t13-/m1/s1. The van der Waals surface area contributed by atoms with Crippen molar-refractivity contribution in [1.29, 1.82) is 0 Å². The number of rotatable bonds is 5. The van der Waals surface area contributed by atoms with Gasteiger partial charge in [-0.25, -0.2) is 4.79 Å². The van der Waals surface area contributed by atoms with Crippen molar-refractivity contribution >= 4 is 23.5 Å². The number of carbonyl (C=O) groups excluding carboxylic acids is 3. The molecule has 7 nitrogen and oxygen atoms in total. The topological polar surface area (TPSA) is 95.9 Å². The lowest BCUT2D eigenvalue weighted by atomic mass is 10.1. The number of carbonyl (C=O) groups is 3. The largest absolute Gasteiger partial charge is 0.467 e. The predicted molar refractivity (Wildman–Crippen MR) is 74.7 cm³/mol. The van der Waals surface area contributed by atoms with E-state index in [0.29, 0.717) is 10.8 Å². The molecule has 0 heterocycles. The minimum absolute atomic E-state index is 0.248. The number of hydroxylamine groups is 1. The number of anilines is 1. The highest BCUT2D eigenvalue weighted by atomic mass is 16.5. The van der Waals surface area contributed by atoms with E-state index in [1.807, 2.05) is 0 Å². The van der Waals surface area contributed by atoms with E-state index in [9.17, 15) is 19.6 Å². The maximum atomic E-state index is 11.6. The Kier molecular flexibility index (Phi) is 5.86. The van der Waals surface area contributed by atoms with E-state index in [2.05, 4.69) is 10.1 Å². The fraction of sp³-hybridized carbons (Fsp3) is 0.357. The molecular formula is C14H18N2O5. The second-order valence-corrected chi connectivity index (χ2v) is 4.48. The normalized spacial score (nSPS) is 11.4. The van der Waals surface area contributed by atoms with E-state index in [-0.39, 0.29) is 12.3 Å². The first-order valence-corrected chi connectivity index (χ1v) is 6.28. The summed E-state index contributed by atoms with van der Waals surface area (Å²) in [5, 5.41) is 12.5. The van der Waals surface area contributed by atoms with Gasteiger partial charge in [0.25, 0.3) is 0 Å². The lowest BCUT2D eigenvalue weighted by Gasteiger charge is -2.16. The van der Waals surface area contributed by atoms with Gasteiger partial charge in [-0.1, -0.05) is 12.1 Å². The quantitative estimate of drug-likeness (QED) is 0.472. The molecule has 0 aliphatic rings. The fourth-order valence-corrected chi connectivity index (χ4v) is 1.77. The molecule has 1 aromatic carbocycles. The van der Waals surface area contributed by atoms with Crippen LogP contribution in [0.2, 0.25) is 0 Å². The van der Waals surface area contributed by atoms with Crippen LogP contribution in [0.4, 0.5) is 5.69 Å². The monoisotopic (exact) mass is 294 g/mol. The molecule has 0 aromatic heterocycles. The SMILES string of the molecule is COC(=O)[C@@H](Cc1ccc(N(O)C(C)=O)cc1)NC(C)=O. The van der Waals surface area contributed by atoms with Crippen molar-refractivity contribution in [3.8, 4) is 0 Å². The second kappa shape index (κ2) is 7.39. The fourth-order valence-electron chi connectivity index (χ4n) is 1.77. The van der Waals surface area contributed by atoms with Gasteiger partial charge in [-0.2, -0.15) is 5.06 Å². The molecular weight excluding hydrogens is 276 g/mol. The van der Waals surface area contributed by atoms with Crippen molar-refractivity contribution in [3.63, 3.8) is 0 Å². The number of benzene rings is 1. The van der Waals surface area contributed by atoms with Crippen molar-refractivity contribution in [2.24, 2.45) is 0 Å². The van der Waals surface area contributed by atoms with Gasteiger partial charge in [-0.15, -0.1) is 0 Å². The van der Waals surface area contributed by atoms with Gasteiger partial charge in [-0.3, -0.25) is 14.8 Å². The maximum Gasteiger partial charge on any atom is 0.328 e. The summed E-state index contributed by atoms with van der Waals surface area (Å²) in [7, 11) is 1.25. The molecule has 0 aliphatic carbocycles. The number of nitrogens with zero attached hydrogens (tertiary/aromatic N) is 1. The zero-order valence-electron chi connectivity index (χ0n) is 12.1. The molecule has 0 aliphatic heterocycles. The molecule has 2 amide bonds. The molecule has 2 N–H and O–H groups in total. The first-order chi connectivity index (χ1) is 9.85. The van der Waals surface area contributed by atoms with Gasteiger partial charge in [0, 0.05) is 20.3 Å². The zero-order valence-corrected chi connectivity index (χ0v) is 12.1. The Balaban J connectivity index is 2.83. The van der Waals surface area contributed by atoms with E-state index in [4.69, 9.17) is 0 Å². The van der Waals surface area contributed by atoms with E-state index < -0.39 is 17.9 Å². The Morgan fingerprint density at radius 1 is 1.24 bits per heavy atom. The number of hydrogen-bond donors (Lipinski definition) is 2. The van der Waals surface area contributed by atoms with Crippen LogP contribution in [0, 0.1) is 0 Å². The average molecular weight is 294 g/mol. The Bertz CT molecular complexity index is 527. The van der Waals surface area contributed by atoms with Crippen LogP contribution in [0.15, 0.2) is 24.3 Å². The third-order valence-corrected chi connectivity index (χ3v) is 2.78. The molecule has 0 bridgehead atoms. The van der Waals surface area contributed by atoms with E-state index in [0.717, 1.165) is 5.56 Å². The molecule has 114 valence electrons. The summed E-state index contributed by atoms with van der Waals surface area (Å²) in [6.45, 7) is 2.55. The molecule has 7 heteroatoms. The molecule has 1 aromatic rings. The molecule has 0 unspecified atom stereocenters. The van der Waals surface area contributed by atoms with Crippen LogP contribution in [-0.2, 0) is 25.5 Å². The Labute approximate surface area is 122 Å². The van der Waals surface area contributed by atoms with Crippen molar-refractivity contribution < 1.29 is 24.3 Å². The molecule has 0 radical (unpaired) electrons. The molecule has 0 saturated heterocycles. The van der Waals surface area contributed by atoms with Crippen LogP contribution >= 0.6 is 0 Å². The Morgan fingerprint density at radius 2 is 1.81 bits per heavy atom. The minimum Gasteiger partial charge on any atom is -0.467 e. The lowest BCUT2D eigenvalue weighted by Crippen LogP contribution is -2.41. The van der Waals surface area contributed by atoms with Crippen molar-refractivity contribution in [1.82, 2.24) is 5.32 Å². The first-order valence-electron chi connectivity index (χ1n) is 6.28. The first kappa shape index (κ1) is 16.6. The van der Waals surface area contributed by atoms with Crippen LogP contribution in [0.25, 0.3) is 0 Å². The van der Waals surface area contributed by atoms with Gasteiger partial charge >= 0.3 is 5.97 Å². The van der Waals surface area contributed by atoms with Gasteiger partial charge in [-0.05, 0) is 17.7 Å². The number of nitrogens with one attached hydrogen (secondary N) is 1. The van der Waals surface area contributed by atoms with E-state index >= 15 is 0 Å². The molecule has 0 saturated carbocycles. The van der Waals surface area contributed by atoms with Gasteiger partial charge < -0.3 is 10.1 Å². The highest BCUT2D eigenvalue weighted by Gasteiger charge is 2.20. The number of amides is 2. The average Bonchev–Trinajstić information content (AvgIpc) is 2.45. The zero-order chi connectivity index (χ0) is 16.0. The summed E-state index contributed by atoms with van der Waals surface area (Å²) in [4.78, 5) is 33.7.